The van der Waals surface area contributed by atoms with Gasteiger partial charge in [0.15, 0.2) is 9.84 Å². The molecule has 1 saturated heterocycles. The molecule has 0 aromatic carbocycles. The Kier molecular flexibility index (Phi) is 3.73. The molecule has 0 radical (unpaired) electrons. The van der Waals surface area contributed by atoms with E-state index >= 15 is 0 Å². The summed E-state index contributed by atoms with van der Waals surface area (Å²) >= 11 is 0. The van der Waals surface area contributed by atoms with Gasteiger partial charge in [-0.3, -0.25) is 4.79 Å². The average Bonchev–Trinajstić information content (AvgIpc) is 3.05. The standard InChI is InChI=1S/C11H20N2O3S/c12-10(8-9-2-3-9)11(14)13-4-1-6-17(15,16)7-5-13/h9-10H,1-8,12H2/t10-/m0/s1. The minimum Gasteiger partial charge on any atom is -0.340 e. The first kappa shape index (κ1) is 12.8. The van der Waals surface area contributed by atoms with Crippen molar-refractivity contribution in [2.75, 3.05) is 24.6 Å². The summed E-state index contributed by atoms with van der Waals surface area (Å²) in [6.45, 7) is 0.829. The minimum absolute atomic E-state index is 0.0750. The van der Waals surface area contributed by atoms with Gasteiger partial charge in [-0.05, 0) is 18.8 Å². The van der Waals surface area contributed by atoms with Gasteiger partial charge < -0.3 is 10.6 Å². The van der Waals surface area contributed by atoms with Crippen LogP contribution >= 0.6 is 0 Å². The maximum absolute atomic E-state index is 12.0. The molecule has 1 aliphatic carbocycles. The van der Waals surface area contributed by atoms with Gasteiger partial charge in [-0.15, -0.1) is 0 Å². The van der Waals surface area contributed by atoms with Crippen LogP contribution in [0.3, 0.4) is 0 Å². The molecule has 0 bridgehead atoms. The summed E-state index contributed by atoms with van der Waals surface area (Å²) in [5.41, 5.74) is 5.87. The Balaban J connectivity index is 1.89. The van der Waals surface area contributed by atoms with E-state index < -0.39 is 15.9 Å². The molecule has 1 saturated carbocycles. The molecule has 6 heteroatoms. The highest BCUT2D eigenvalue weighted by atomic mass is 32.2. The molecule has 0 aromatic heterocycles. The Bertz CT molecular complexity index is 390. The zero-order valence-corrected chi connectivity index (χ0v) is 10.8. The fourth-order valence-corrected chi connectivity index (χ4v) is 3.48. The van der Waals surface area contributed by atoms with Gasteiger partial charge in [0, 0.05) is 13.1 Å². The number of sulfone groups is 1. The van der Waals surface area contributed by atoms with Gasteiger partial charge in [-0.1, -0.05) is 12.8 Å². The fraction of sp³-hybridized carbons (Fsp3) is 0.909. The molecule has 2 fully saturated rings. The van der Waals surface area contributed by atoms with Crippen molar-refractivity contribution >= 4 is 15.7 Å². The summed E-state index contributed by atoms with van der Waals surface area (Å²) in [4.78, 5) is 13.7. The summed E-state index contributed by atoms with van der Waals surface area (Å²) in [5.74, 6) is 0.808. The molecular weight excluding hydrogens is 240 g/mol. The Morgan fingerprint density at radius 1 is 1.29 bits per heavy atom. The first-order valence-corrected chi connectivity index (χ1v) is 8.05. The molecule has 1 heterocycles. The summed E-state index contributed by atoms with van der Waals surface area (Å²) in [5, 5.41) is 0. The van der Waals surface area contributed by atoms with Crippen molar-refractivity contribution < 1.29 is 13.2 Å². The maximum atomic E-state index is 12.0. The second-order valence-corrected chi connectivity index (χ2v) is 7.42. The van der Waals surface area contributed by atoms with Gasteiger partial charge in [-0.2, -0.15) is 0 Å². The second kappa shape index (κ2) is 4.94. The SMILES string of the molecule is N[C@@H](CC1CC1)C(=O)N1CCCS(=O)(=O)CC1. The molecule has 98 valence electrons. The molecule has 1 aliphatic heterocycles. The molecule has 17 heavy (non-hydrogen) atoms. The van der Waals surface area contributed by atoms with Crippen LogP contribution in [0.15, 0.2) is 0 Å². The van der Waals surface area contributed by atoms with Gasteiger partial charge in [0.1, 0.15) is 0 Å². The van der Waals surface area contributed by atoms with E-state index in [1.165, 1.54) is 12.8 Å². The Hall–Kier alpha value is -0.620. The summed E-state index contributed by atoms with van der Waals surface area (Å²) in [6.07, 6.45) is 3.64. The van der Waals surface area contributed by atoms with Crippen LogP contribution in [0.2, 0.25) is 0 Å². The smallest absolute Gasteiger partial charge is 0.239 e. The lowest BCUT2D eigenvalue weighted by Gasteiger charge is -2.23. The van der Waals surface area contributed by atoms with Crippen LogP contribution in [0.5, 0.6) is 0 Å². The Morgan fingerprint density at radius 2 is 2.00 bits per heavy atom. The van der Waals surface area contributed by atoms with Crippen molar-refractivity contribution in [1.29, 1.82) is 0 Å². The van der Waals surface area contributed by atoms with Crippen LogP contribution in [0.4, 0.5) is 0 Å². The van der Waals surface area contributed by atoms with E-state index in [9.17, 15) is 13.2 Å². The van der Waals surface area contributed by atoms with E-state index in [0.717, 1.165) is 6.42 Å². The van der Waals surface area contributed by atoms with E-state index in [2.05, 4.69) is 0 Å². The maximum Gasteiger partial charge on any atom is 0.239 e. The number of rotatable bonds is 3. The quantitative estimate of drug-likeness (QED) is 0.759. The van der Waals surface area contributed by atoms with Gasteiger partial charge in [0.25, 0.3) is 0 Å². The van der Waals surface area contributed by atoms with Crippen molar-refractivity contribution in [3.63, 3.8) is 0 Å². The molecule has 1 atom stereocenters. The van der Waals surface area contributed by atoms with Gasteiger partial charge >= 0.3 is 0 Å². The Morgan fingerprint density at radius 3 is 2.65 bits per heavy atom. The van der Waals surface area contributed by atoms with E-state index in [4.69, 9.17) is 5.73 Å². The highest BCUT2D eigenvalue weighted by Crippen LogP contribution is 2.33. The topological polar surface area (TPSA) is 80.5 Å². The van der Waals surface area contributed by atoms with Crippen LogP contribution in [0.25, 0.3) is 0 Å². The minimum atomic E-state index is -2.96. The molecule has 0 aromatic rings. The first-order chi connectivity index (χ1) is 7.98. The molecule has 5 nitrogen and oxygen atoms in total. The third kappa shape index (κ3) is 3.67. The number of amides is 1. The molecule has 2 N–H and O–H groups in total. The monoisotopic (exact) mass is 260 g/mol. The van der Waals surface area contributed by atoms with Crippen LogP contribution in [0, 0.1) is 5.92 Å². The molecule has 0 spiro atoms. The van der Waals surface area contributed by atoms with Crippen molar-refractivity contribution in [1.82, 2.24) is 4.90 Å². The van der Waals surface area contributed by atoms with Crippen molar-refractivity contribution in [2.45, 2.75) is 31.7 Å². The molecular formula is C11H20N2O3S. The third-order valence-electron chi connectivity index (χ3n) is 3.47. The largest absolute Gasteiger partial charge is 0.340 e. The first-order valence-electron chi connectivity index (χ1n) is 6.23. The van der Waals surface area contributed by atoms with Crippen LogP contribution in [-0.2, 0) is 14.6 Å². The summed E-state index contributed by atoms with van der Waals surface area (Å²) in [6, 6.07) is -0.441. The summed E-state index contributed by atoms with van der Waals surface area (Å²) < 4.78 is 22.9. The number of carbonyl (C=O) groups excluding carboxylic acids is 1. The number of hydrogen-bond donors (Lipinski definition) is 1. The number of nitrogens with zero attached hydrogens (tertiary/aromatic N) is 1. The zero-order valence-electron chi connectivity index (χ0n) is 9.97. The number of nitrogens with two attached hydrogens (primary N) is 1. The second-order valence-electron chi connectivity index (χ2n) is 5.12. The van der Waals surface area contributed by atoms with E-state index in [1.54, 1.807) is 4.90 Å². The van der Waals surface area contributed by atoms with Gasteiger partial charge in [0.05, 0.1) is 17.5 Å². The van der Waals surface area contributed by atoms with Gasteiger partial charge in [0.2, 0.25) is 5.91 Å². The molecule has 2 rings (SSSR count). The van der Waals surface area contributed by atoms with Crippen molar-refractivity contribution in [3.05, 3.63) is 0 Å². The highest BCUT2D eigenvalue weighted by Gasteiger charge is 2.30. The van der Waals surface area contributed by atoms with Crippen LogP contribution in [-0.4, -0.2) is 49.9 Å². The Labute approximate surface area is 102 Å². The predicted molar refractivity (Wildman–Crippen MR) is 65.2 cm³/mol. The van der Waals surface area contributed by atoms with E-state index in [-0.39, 0.29) is 17.4 Å². The van der Waals surface area contributed by atoms with Crippen LogP contribution in [0.1, 0.15) is 25.7 Å². The number of carbonyl (C=O) groups is 1. The zero-order chi connectivity index (χ0) is 12.5. The molecule has 0 unspecified atom stereocenters. The van der Waals surface area contributed by atoms with E-state index in [1.807, 2.05) is 0 Å². The predicted octanol–water partition coefficient (Wildman–Crippen LogP) is -0.239. The lowest BCUT2D eigenvalue weighted by Crippen LogP contribution is -2.45. The highest BCUT2D eigenvalue weighted by molar-refractivity contribution is 7.91. The summed E-state index contributed by atoms with van der Waals surface area (Å²) in [7, 11) is -2.96. The normalized spacial score (nSPS) is 26.3. The molecule has 1 amide bonds. The lowest BCUT2D eigenvalue weighted by atomic mass is 10.1. The van der Waals surface area contributed by atoms with Crippen LogP contribution < -0.4 is 5.73 Å². The lowest BCUT2D eigenvalue weighted by molar-refractivity contribution is -0.132. The average molecular weight is 260 g/mol. The molecule has 2 aliphatic rings. The third-order valence-corrected chi connectivity index (χ3v) is 5.18. The van der Waals surface area contributed by atoms with Crippen molar-refractivity contribution in [2.24, 2.45) is 11.7 Å². The fourth-order valence-electron chi connectivity index (χ4n) is 2.21. The van der Waals surface area contributed by atoms with Gasteiger partial charge in [-0.25, -0.2) is 8.42 Å². The number of hydrogen-bond acceptors (Lipinski definition) is 4. The van der Waals surface area contributed by atoms with Crippen molar-refractivity contribution in [3.8, 4) is 0 Å². The van der Waals surface area contributed by atoms with E-state index in [0.29, 0.717) is 25.4 Å².